The molecule has 1 rings (SSSR count). The molecular weight excluding hydrogens is 304 g/mol. The van der Waals surface area contributed by atoms with Gasteiger partial charge in [0.25, 0.3) is 0 Å². The Kier molecular flexibility index (Phi) is 6.12. The first-order valence-electron chi connectivity index (χ1n) is 6.22. The molecule has 116 valence electrons. The summed E-state index contributed by atoms with van der Waals surface area (Å²) in [7, 11) is -1.58. The van der Waals surface area contributed by atoms with E-state index in [1.807, 2.05) is 6.26 Å². The third-order valence-corrected chi connectivity index (χ3v) is 5.68. The quantitative estimate of drug-likeness (QED) is 0.714. The van der Waals surface area contributed by atoms with Gasteiger partial charge in [-0.1, -0.05) is 0 Å². The molecule has 0 bridgehead atoms. The summed E-state index contributed by atoms with van der Waals surface area (Å²) in [6.45, 7) is 0. The van der Waals surface area contributed by atoms with Crippen molar-refractivity contribution >= 4 is 33.6 Å². The van der Waals surface area contributed by atoms with Gasteiger partial charge in [0.15, 0.2) is 9.84 Å². The Morgan fingerprint density at radius 2 is 2.15 bits per heavy atom. The second kappa shape index (κ2) is 7.16. The van der Waals surface area contributed by atoms with Crippen LogP contribution < -0.4 is 5.32 Å². The Bertz CT molecular complexity index is 465. The standard InChI is InChI=1S/C11H20N2O5S2/c1-13(8-4-6-20(17,18)7-8)11(16)12-9(10(14)15)3-5-19-2/h8-9H,3-7H2,1-2H3,(H,12,16)(H,14,15). The molecule has 2 amide bonds. The molecule has 1 heterocycles. The van der Waals surface area contributed by atoms with Gasteiger partial charge >= 0.3 is 12.0 Å². The predicted molar refractivity (Wildman–Crippen MR) is 77.8 cm³/mol. The molecule has 2 atom stereocenters. The van der Waals surface area contributed by atoms with Gasteiger partial charge in [-0.3, -0.25) is 0 Å². The van der Waals surface area contributed by atoms with E-state index in [1.165, 1.54) is 23.7 Å². The fraction of sp³-hybridized carbons (Fsp3) is 0.818. The van der Waals surface area contributed by atoms with E-state index in [9.17, 15) is 18.0 Å². The van der Waals surface area contributed by atoms with E-state index >= 15 is 0 Å². The molecule has 2 unspecified atom stereocenters. The molecule has 0 spiro atoms. The number of aliphatic carboxylic acids is 1. The maximum absolute atomic E-state index is 12.0. The molecule has 0 saturated carbocycles. The number of carbonyl (C=O) groups is 2. The minimum Gasteiger partial charge on any atom is -0.480 e. The zero-order valence-corrected chi connectivity index (χ0v) is 13.2. The van der Waals surface area contributed by atoms with Crippen LogP contribution in [0.15, 0.2) is 0 Å². The van der Waals surface area contributed by atoms with E-state index in [2.05, 4.69) is 5.32 Å². The maximum atomic E-state index is 12.0. The number of hydrogen-bond donors (Lipinski definition) is 2. The zero-order valence-electron chi connectivity index (χ0n) is 11.5. The van der Waals surface area contributed by atoms with Crippen LogP contribution in [0.3, 0.4) is 0 Å². The van der Waals surface area contributed by atoms with Crippen molar-refractivity contribution in [3.8, 4) is 0 Å². The lowest BCUT2D eigenvalue weighted by molar-refractivity contribution is -0.139. The van der Waals surface area contributed by atoms with Gasteiger partial charge in [0.1, 0.15) is 6.04 Å². The van der Waals surface area contributed by atoms with Crippen LogP contribution >= 0.6 is 11.8 Å². The number of thioether (sulfide) groups is 1. The first kappa shape index (κ1) is 17.1. The number of carbonyl (C=O) groups excluding carboxylic acids is 1. The molecule has 1 saturated heterocycles. The number of urea groups is 1. The maximum Gasteiger partial charge on any atom is 0.326 e. The first-order chi connectivity index (χ1) is 9.26. The molecule has 1 aliphatic heterocycles. The highest BCUT2D eigenvalue weighted by Gasteiger charge is 2.33. The average molecular weight is 324 g/mol. The highest BCUT2D eigenvalue weighted by molar-refractivity contribution is 7.98. The van der Waals surface area contributed by atoms with E-state index in [0.717, 1.165) is 0 Å². The lowest BCUT2D eigenvalue weighted by Crippen LogP contribution is -2.50. The van der Waals surface area contributed by atoms with Crippen molar-refractivity contribution in [1.29, 1.82) is 0 Å². The van der Waals surface area contributed by atoms with Crippen molar-refractivity contribution in [2.24, 2.45) is 0 Å². The molecule has 0 aromatic rings. The van der Waals surface area contributed by atoms with Crippen LogP contribution in [0, 0.1) is 0 Å². The van der Waals surface area contributed by atoms with Crippen LogP contribution in [-0.4, -0.2) is 73.1 Å². The van der Waals surface area contributed by atoms with Crippen LogP contribution in [-0.2, 0) is 14.6 Å². The summed E-state index contributed by atoms with van der Waals surface area (Å²) in [6.07, 6.45) is 2.59. The lowest BCUT2D eigenvalue weighted by Gasteiger charge is -2.25. The summed E-state index contributed by atoms with van der Waals surface area (Å²) in [6, 6.07) is -1.87. The lowest BCUT2D eigenvalue weighted by atomic mass is 10.2. The molecule has 9 heteroatoms. The van der Waals surface area contributed by atoms with Gasteiger partial charge in [-0.15, -0.1) is 0 Å². The predicted octanol–water partition coefficient (Wildman–Crippen LogP) is 0.0212. The summed E-state index contributed by atoms with van der Waals surface area (Å²) < 4.78 is 22.8. The van der Waals surface area contributed by atoms with Crippen LogP contribution in [0.1, 0.15) is 12.8 Å². The SMILES string of the molecule is CSCCC(NC(=O)N(C)C1CCS(=O)(=O)C1)C(=O)O. The number of sulfone groups is 1. The van der Waals surface area contributed by atoms with Gasteiger partial charge in [0, 0.05) is 13.1 Å². The van der Waals surface area contributed by atoms with Gasteiger partial charge < -0.3 is 15.3 Å². The molecule has 0 aromatic carbocycles. The van der Waals surface area contributed by atoms with Crippen molar-refractivity contribution in [1.82, 2.24) is 10.2 Å². The van der Waals surface area contributed by atoms with Crippen molar-refractivity contribution in [3.05, 3.63) is 0 Å². The molecule has 7 nitrogen and oxygen atoms in total. The van der Waals surface area contributed by atoms with Crippen molar-refractivity contribution in [2.75, 3.05) is 30.6 Å². The van der Waals surface area contributed by atoms with Crippen molar-refractivity contribution < 1.29 is 23.1 Å². The number of nitrogens with zero attached hydrogens (tertiary/aromatic N) is 1. The van der Waals surface area contributed by atoms with Gasteiger partial charge in [0.05, 0.1) is 11.5 Å². The molecule has 20 heavy (non-hydrogen) atoms. The second-order valence-electron chi connectivity index (χ2n) is 4.79. The molecule has 1 fully saturated rings. The minimum absolute atomic E-state index is 0.0561. The third kappa shape index (κ3) is 4.86. The smallest absolute Gasteiger partial charge is 0.326 e. The summed E-state index contributed by atoms with van der Waals surface area (Å²) in [4.78, 5) is 24.3. The highest BCUT2D eigenvalue weighted by Crippen LogP contribution is 2.16. The van der Waals surface area contributed by atoms with E-state index in [0.29, 0.717) is 18.6 Å². The fourth-order valence-corrected chi connectivity index (χ4v) is 4.24. The molecule has 0 aromatic heterocycles. The number of nitrogens with one attached hydrogen (secondary N) is 1. The Balaban J connectivity index is 2.58. The summed E-state index contributed by atoms with van der Waals surface area (Å²) in [5, 5.41) is 11.5. The topological polar surface area (TPSA) is 104 Å². The van der Waals surface area contributed by atoms with E-state index < -0.39 is 27.9 Å². The zero-order chi connectivity index (χ0) is 15.3. The van der Waals surface area contributed by atoms with Crippen LogP contribution in [0.2, 0.25) is 0 Å². The van der Waals surface area contributed by atoms with E-state index in [1.54, 1.807) is 0 Å². The number of rotatable bonds is 6. The highest BCUT2D eigenvalue weighted by atomic mass is 32.2. The number of hydrogen-bond acceptors (Lipinski definition) is 5. The molecule has 0 aliphatic carbocycles. The Morgan fingerprint density at radius 3 is 2.60 bits per heavy atom. The molecule has 2 N–H and O–H groups in total. The van der Waals surface area contributed by atoms with E-state index in [4.69, 9.17) is 5.11 Å². The van der Waals surface area contributed by atoms with Crippen LogP contribution in [0.25, 0.3) is 0 Å². The summed E-state index contributed by atoms with van der Waals surface area (Å²) >= 11 is 1.50. The normalized spacial score (nSPS) is 22.2. The average Bonchev–Trinajstić information content (AvgIpc) is 2.73. The Hall–Kier alpha value is -0.960. The molecule has 0 radical (unpaired) electrons. The monoisotopic (exact) mass is 324 g/mol. The number of carboxylic acids is 1. The van der Waals surface area contributed by atoms with Crippen LogP contribution in [0.4, 0.5) is 4.79 Å². The largest absolute Gasteiger partial charge is 0.480 e. The second-order valence-corrected chi connectivity index (χ2v) is 8.00. The number of carboxylic acid groups (broad SMARTS) is 1. The summed E-state index contributed by atoms with van der Waals surface area (Å²) in [5.74, 6) is -0.442. The Labute approximate surface area is 123 Å². The molecular formula is C11H20N2O5S2. The van der Waals surface area contributed by atoms with Crippen LogP contribution in [0.5, 0.6) is 0 Å². The van der Waals surface area contributed by atoms with Gasteiger partial charge in [-0.25, -0.2) is 18.0 Å². The Morgan fingerprint density at radius 1 is 1.50 bits per heavy atom. The van der Waals surface area contributed by atoms with Gasteiger partial charge in [-0.05, 0) is 24.9 Å². The van der Waals surface area contributed by atoms with E-state index in [-0.39, 0.29) is 17.5 Å². The van der Waals surface area contributed by atoms with Crippen molar-refractivity contribution in [3.63, 3.8) is 0 Å². The minimum atomic E-state index is -3.07. The first-order valence-corrected chi connectivity index (χ1v) is 9.44. The van der Waals surface area contributed by atoms with Gasteiger partial charge in [-0.2, -0.15) is 11.8 Å². The number of amides is 2. The molecule has 1 aliphatic rings. The fourth-order valence-electron chi connectivity index (χ4n) is 1.99. The third-order valence-electron chi connectivity index (χ3n) is 3.28. The van der Waals surface area contributed by atoms with Crippen molar-refractivity contribution in [2.45, 2.75) is 24.9 Å². The van der Waals surface area contributed by atoms with Gasteiger partial charge in [0.2, 0.25) is 0 Å². The summed E-state index contributed by atoms with van der Waals surface area (Å²) in [5.41, 5.74) is 0.